The van der Waals surface area contributed by atoms with Gasteiger partial charge < -0.3 is 14.6 Å². The van der Waals surface area contributed by atoms with Crippen molar-refractivity contribution in [3.63, 3.8) is 0 Å². The van der Waals surface area contributed by atoms with E-state index in [4.69, 9.17) is 9.26 Å². The minimum Gasteiger partial charge on any atom is -0.467 e. The third-order valence-corrected chi connectivity index (χ3v) is 3.49. The molecule has 0 spiro atoms. The van der Waals surface area contributed by atoms with Crippen LogP contribution >= 0.6 is 0 Å². The van der Waals surface area contributed by atoms with Crippen molar-refractivity contribution in [2.45, 2.75) is 32.7 Å². The molecule has 0 fully saturated rings. The fraction of sp³-hybridized carbons (Fsp3) is 0.389. The molecule has 1 aromatic carbocycles. The summed E-state index contributed by atoms with van der Waals surface area (Å²) in [6, 6.07) is 10.6. The Hall–Kier alpha value is -2.63. The highest BCUT2D eigenvalue weighted by molar-refractivity contribution is 5.85. The maximum absolute atomic E-state index is 12.2. The quantitative estimate of drug-likeness (QED) is 0.789. The number of carbonyl (C=O) groups is 2. The van der Waals surface area contributed by atoms with E-state index in [0.29, 0.717) is 17.9 Å². The molecule has 2 rings (SSSR count). The minimum absolute atomic E-state index is 0.0436. The van der Waals surface area contributed by atoms with E-state index in [-0.39, 0.29) is 18.2 Å². The van der Waals surface area contributed by atoms with Crippen LogP contribution in [0.4, 0.5) is 0 Å². The van der Waals surface area contributed by atoms with Crippen molar-refractivity contribution in [3.05, 3.63) is 42.1 Å². The van der Waals surface area contributed by atoms with E-state index in [0.717, 1.165) is 5.56 Å². The van der Waals surface area contributed by atoms with E-state index in [9.17, 15) is 9.59 Å². The molecule has 0 aliphatic rings. The van der Waals surface area contributed by atoms with E-state index >= 15 is 0 Å². The van der Waals surface area contributed by atoms with Crippen molar-refractivity contribution in [1.82, 2.24) is 10.5 Å². The molecule has 0 aliphatic carbocycles. The first kappa shape index (κ1) is 17.7. The van der Waals surface area contributed by atoms with Gasteiger partial charge in [-0.3, -0.25) is 4.79 Å². The number of benzene rings is 1. The molecule has 6 nitrogen and oxygen atoms in total. The Kier molecular flexibility index (Phi) is 6.12. The van der Waals surface area contributed by atoms with Crippen LogP contribution in [0.25, 0.3) is 11.3 Å². The number of carbonyl (C=O) groups excluding carboxylic acids is 2. The number of amides is 1. The molecule has 6 heteroatoms. The number of nitrogens with zero attached hydrogens (tertiary/aromatic N) is 1. The molecule has 0 unspecified atom stereocenters. The van der Waals surface area contributed by atoms with Gasteiger partial charge in [-0.2, -0.15) is 0 Å². The van der Waals surface area contributed by atoms with Crippen molar-refractivity contribution in [2.24, 2.45) is 5.92 Å². The molecule has 0 saturated carbocycles. The van der Waals surface area contributed by atoms with Gasteiger partial charge in [-0.25, -0.2) is 4.79 Å². The largest absolute Gasteiger partial charge is 0.467 e. The van der Waals surface area contributed by atoms with E-state index in [2.05, 4.69) is 10.5 Å². The summed E-state index contributed by atoms with van der Waals surface area (Å²) >= 11 is 0. The lowest BCUT2D eigenvalue weighted by atomic mass is 10.0. The van der Waals surface area contributed by atoms with Crippen molar-refractivity contribution < 1.29 is 18.8 Å². The Morgan fingerprint density at radius 2 is 1.96 bits per heavy atom. The van der Waals surface area contributed by atoms with Gasteiger partial charge in [0, 0.05) is 11.6 Å². The molecule has 128 valence electrons. The lowest BCUT2D eigenvalue weighted by Crippen LogP contribution is -2.43. The topological polar surface area (TPSA) is 81.4 Å². The zero-order chi connectivity index (χ0) is 17.5. The van der Waals surface area contributed by atoms with Gasteiger partial charge >= 0.3 is 5.97 Å². The van der Waals surface area contributed by atoms with Crippen molar-refractivity contribution in [1.29, 1.82) is 0 Å². The van der Waals surface area contributed by atoms with Crippen LogP contribution in [0.3, 0.4) is 0 Å². The Bertz CT molecular complexity index is 679. The summed E-state index contributed by atoms with van der Waals surface area (Å²) in [5, 5.41) is 6.62. The molecule has 1 heterocycles. The zero-order valence-electron chi connectivity index (χ0n) is 14.1. The smallest absolute Gasteiger partial charge is 0.328 e. The van der Waals surface area contributed by atoms with Gasteiger partial charge in [0.05, 0.1) is 19.2 Å². The summed E-state index contributed by atoms with van der Waals surface area (Å²) in [7, 11) is 1.31. The molecule has 24 heavy (non-hydrogen) atoms. The van der Waals surface area contributed by atoms with Gasteiger partial charge in [0.25, 0.3) is 0 Å². The molecule has 0 aliphatic heterocycles. The lowest BCUT2D eigenvalue weighted by Gasteiger charge is -2.17. The zero-order valence-corrected chi connectivity index (χ0v) is 14.1. The molecule has 0 radical (unpaired) electrons. The highest BCUT2D eigenvalue weighted by atomic mass is 16.5. The molecular formula is C18H22N2O4. The minimum atomic E-state index is -0.650. The molecule has 0 bridgehead atoms. The number of hydrogen-bond acceptors (Lipinski definition) is 5. The highest BCUT2D eigenvalue weighted by Crippen LogP contribution is 2.19. The first-order chi connectivity index (χ1) is 11.5. The number of hydrogen-bond donors (Lipinski definition) is 1. The van der Waals surface area contributed by atoms with Gasteiger partial charge in [-0.15, -0.1) is 0 Å². The Balaban J connectivity index is 1.99. The van der Waals surface area contributed by atoms with Crippen molar-refractivity contribution in [2.75, 3.05) is 7.11 Å². The second kappa shape index (κ2) is 8.29. The highest BCUT2D eigenvalue weighted by Gasteiger charge is 2.23. The number of methoxy groups -OCH3 is 1. The number of ether oxygens (including phenoxy) is 1. The van der Waals surface area contributed by atoms with Gasteiger partial charge in [0.1, 0.15) is 6.04 Å². The molecule has 2 aromatic rings. The molecule has 1 amide bonds. The number of rotatable bonds is 7. The van der Waals surface area contributed by atoms with Gasteiger partial charge in [-0.05, 0) is 12.3 Å². The number of aromatic nitrogens is 1. The summed E-state index contributed by atoms with van der Waals surface area (Å²) in [6.45, 7) is 3.96. The van der Waals surface area contributed by atoms with Crippen LogP contribution in [-0.4, -0.2) is 30.2 Å². The lowest BCUT2D eigenvalue weighted by molar-refractivity contribution is -0.145. The summed E-state index contributed by atoms with van der Waals surface area (Å²) in [5.41, 5.74) is 1.41. The van der Waals surface area contributed by atoms with Crippen molar-refractivity contribution >= 4 is 11.9 Å². The van der Waals surface area contributed by atoms with Crippen LogP contribution in [0, 0.1) is 5.92 Å². The monoisotopic (exact) mass is 330 g/mol. The summed E-state index contributed by atoms with van der Waals surface area (Å²) in [5.74, 6) is 0.123. The average Bonchev–Trinajstić information content (AvgIpc) is 3.02. The maximum Gasteiger partial charge on any atom is 0.328 e. The molecule has 1 aromatic heterocycles. The van der Waals surface area contributed by atoms with Crippen LogP contribution < -0.4 is 5.32 Å². The first-order valence-corrected chi connectivity index (χ1v) is 7.87. The first-order valence-electron chi connectivity index (χ1n) is 7.87. The molecule has 0 saturated heterocycles. The molecule has 1 atom stereocenters. The van der Waals surface area contributed by atoms with E-state index in [1.165, 1.54) is 7.11 Å². The third kappa shape index (κ3) is 4.94. The Labute approximate surface area is 141 Å². The van der Waals surface area contributed by atoms with E-state index in [1.54, 1.807) is 6.07 Å². The Morgan fingerprint density at radius 1 is 1.25 bits per heavy atom. The van der Waals surface area contributed by atoms with E-state index in [1.807, 2.05) is 44.2 Å². The second-order valence-electron chi connectivity index (χ2n) is 6.00. The van der Waals surface area contributed by atoms with Gasteiger partial charge in [-0.1, -0.05) is 49.3 Å². The maximum atomic E-state index is 12.2. The molecule has 1 N–H and O–H groups in total. The van der Waals surface area contributed by atoms with Crippen LogP contribution in [0.5, 0.6) is 0 Å². The van der Waals surface area contributed by atoms with Crippen LogP contribution in [0.1, 0.15) is 26.0 Å². The van der Waals surface area contributed by atoms with Crippen LogP contribution in [-0.2, 0) is 20.7 Å². The summed E-state index contributed by atoms with van der Waals surface area (Å²) in [6.07, 6.45) is 0.564. The average molecular weight is 330 g/mol. The fourth-order valence-electron chi connectivity index (χ4n) is 2.37. The van der Waals surface area contributed by atoms with Crippen LogP contribution in [0.2, 0.25) is 0 Å². The van der Waals surface area contributed by atoms with Gasteiger partial charge in [0.2, 0.25) is 5.91 Å². The fourth-order valence-corrected chi connectivity index (χ4v) is 2.37. The summed E-state index contributed by atoms with van der Waals surface area (Å²) in [4.78, 5) is 23.9. The van der Waals surface area contributed by atoms with Crippen molar-refractivity contribution in [3.8, 4) is 11.3 Å². The number of nitrogens with one attached hydrogen (secondary N) is 1. The Morgan fingerprint density at radius 3 is 2.58 bits per heavy atom. The predicted molar refractivity (Wildman–Crippen MR) is 89.0 cm³/mol. The van der Waals surface area contributed by atoms with Crippen LogP contribution in [0.15, 0.2) is 40.9 Å². The van der Waals surface area contributed by atoms with Gasteiger partial charge in [0.15, 0.2) is 5.76 Å². The normalized spacial score (nSPS) is 12.0. The number of esters is 1. The second-order valence-corrected chi connectivity index (χ2v) is 6.00. The third-order valence-electron chi connectivity index (χ3n) is 3.49. The standard InChI is InChI=1S/C18H22N2O4/c1-12(2)9-15(18(22)23-3)19-17(21)11-14-10-16(24-20-14)13-7-5-4-6-8-13/h4-8,10,12,15H,9,11H2,1-3H3,(H,19,21)/t15-/m0/s1. The predicted octanol–water partition coefficient (Wildman–Crippen LogP) is 2.59. The molecular weight excluding hydrogens is 308 g/mol. The summed E-state index contributed by atoms with van der Waals surface area (Å²) < 4.78 is 10.0. The van der Waals surface area contributed by atoms with E-state index < -0.39 is 12.0 Å². The SMILES string of the molecule is COC(=O)[C@H](CC(C)C)NC(=O)Cc1cc(-c2ccccc2)on1.